The van der Waals surface area contributed by atoms with Gasteiger partial charge in [-0.3, -0.25) is 9.59 Å². The van der Waals surface area contributed by atoms with Crippen molar-refractivity contribution in [2.75, 3.05) is 11.1 Å². The normalized spacial score (nSPS) is 11.7. The van der Waals surface area contributed by atoms with E-state index in [9.17, 15) is 9.59 Å². The number of carbonyl (C=O) groups is 2. The number of hydrogen-bond acceptors (Lipinski definition) is 5. The Kier molecular flexibility index (Phi) is 6.89. The predicted molar refractivity (Wildman–Crippen MR) is 119 cm³/mol. The average molecular weight is 424 g/mol. The van der Waals surface area contributed by atoms with Gasteiger partial charge < -0.3 is 15.2 Å². The third-order valence-corrected chi connectivity index (χ3v) is 5.65. The Bertz CT molecular complexity index is 1050. The summed E-state index contributed by atoms with van der Waals surface area (Å²) in [6, 6.07) is 14.6. The highest BCUT2D eigenvalue weighted by atomic mass is 32.2. The average Bonchev–Trinajstić information content (AvgIpc) is 3.09. The summed E-state index contributed by atoms with van der Waals surface area (Å²) in [4.78, 5) is 24.7. The monoisotopic (exact) mass is 423 g/mol. The molecule has 1 heterocycles. The second kappa shape index (κ2) is 9.58. The van der Waals surface area contributed by atoms with E-state index in [4.69, 9.17) is 0 Å². The Hall–Kier alpha value is -3.13. The zero-order chi connectivity index (χ0) is 21.7. The van der Waals surface area contributed by atoms with Gasteiger partial charge in [-0.1, -0.05) is 47.7 Å². The van der Waals surface area contributed by atoms with Crippen molar-refractivity contribution in [3.05, 3.63) is 71.0 Å². The van der Waals surface area contributed by atoms with Crippen molar-refractivity contribution in [3.63, 3.8) is 0 Å². The molecule has 1 aromatic heterocycles. The Balaban J connectivity index is 1.58. The van der Waals surface area contributed by atoms with E-state index < -0.39 is 0 Å². The standard InChI is InChI=1S/C22H25N5O2S/c1-14-10-11-18(15(2)12-14)24-19(28)13-30-22-26-25-20(27(22)4)16(3)23-21(29)17-8-6-5-7-9-17/h5-12,16H,13H2,1-4H3,(H,23,29)(H,24,28)/t16-/m1/s1. The highest BCUT2D eigenvalue weighted by molar-refractivity contribution is 7.99. The van der Waals surface area contributed by atoms with E-state index >= 15 is 0 Å². The number of aryl methyl sites for hydroxylation is 2. The number of rotatable bonds is 7. The first-order chi connectivity index (χ1) is 14.3. The second-order valence-electron chi connectivity index (χ2n) is 7.12. The van der Waals surface area contributed by atoms with Crippen LogP contribution < -0.4 is 10.6 Å². The van der Waals surface area contributed by atoms with Gasteiger partial charge in [0.1, 0.15) is 0 Å². The molecule has 0 radical (unpaired) electrons. The molecular formula is C22H25N5O2S. The number of nitrogens with one attached hydrogen (secondary N) is 2. The fourth-order valence-electron chi connectivity index (χ4n) is 3.03. The molecule has 0 saturated heterocycles. The van der Waals surface area contributed by atoms with Crippen molar-refractivity contribution in [1.29, 1.82) is 0 Å². The quantitative estimate of drug-likeness (QED) is 0.566. The van der Waals surface area contributed by atoms with Gasteiger partial charge in [-0.25, -0.2) is 0 Å². The van der Waals surface area contributed by atoms with Gasteiger partial charge in [0.2, 0.25) is 5.91 Å². The molecule has 3 rings (SSSR count). The lowest BCUT2D eigenvalue weighted by atomic mass is 10.1. The Morgan fingerprint density at radius 2 is 1.83 bits per heavy atom. The maximum atomic E-state index is 12.4. The molecule has 7 nitrogen and oxygen atoms in total. The van der Waals surface area contributed by atoms with Crippen LogP contribution in [0.5, 0.6) is 0 Å². The molecule has 30 heavy (non-hydrogen) atoms. The number of benzene rings is 2. The van der Waals surface area contributed by atoms with Crippen molar-refractivity contribution in [2.24, 2.45) is 7.05 Å². The topological polar surface area (TPSA) is 88.9 Å². The maximum absolute atomic E-state index is 12.4. The maximum Gasteiger partial charge on any atom is 0.251 e. The van der Waals surface area contributed by atoms with E-state index in [-0.39, 0.29) is 23.6 Å². The second-order valence-corrected chi connectivity index (χ2v) is 8.06. The lowest BCUT2D eigenvalue weighted by Gasteiger charge is -2.13. The lowest BCUT2D eigenvalue weighted by molar-refractivity contribution is -0.113. The van der Waals surface area contributed by atoms with E-state index in [2.05, 4.69) is 20.8 Å². The summed E-state index contributed by atoms with van der Waals surface area (Å²) in [5, 5.41) is 14.8. The molecule has 0 aliphatic rings. The summed E-state index contributed by atoms with van der Waals surface area (Å²) in [5.74, 6) is 0.552. The molecule has 3 aromatic rings. The largest absolute Gasteiger partial charge is 0.342 e. The van der Waals surface area contributed by atoms with E-state index in [1.165, 1.54) is 11.8 Å². The number of nitrogens with zero attached hydrogens (tertiary/aromatic N) is 3. The van der Waals surface area contributed by atoms with Crippen molar-refractivity contribution < 1.29 is 9.59 Å². The summed E-state index contributed by atoms with van der Waals surface area (Å²) < 4.78 is 1.80. The third kappa shape index (κ3) is 5.27. The fraction of sp³-hybridized carbons (Fsp3) is 0.273. The zero-order valence-electron chi connectivity index (χ0n) is 17.5. The SMILES string of the molecule is Cc1ccc(NC(=O)CSc2nnc([C@@H](C)NC(=O)c3ccccc3)n2C)c(C)c1. The minimum absolute atomic E-state index is 0.109. The number of thioether (sulfide) groups is 1. The minimum Gasteiger partial charge on any atom is -0.342 e. The Labute approximate surface area is 180 Å². The molecule has 1 atom stereocenters. The molecule has 8 heteroatoms. The van der Waals surface area contributed by atoms with Crippen LogP contribution in [0.3, 0.4) is 0 Å². The van der Waals surface area contributed by atoms with Crippen LogP contribution in [0, 0.1) is 13.8 Å². The van der Waals surface area contributed by atoms with Gasteiger partial charge in [-0.05, 0) is 44.5 Å². The fourth-order valence-corrected chi connectivity index (χ4v) is 3.75. The van der Waals surface area contributed by atoms with Crippen molar-refractivity contribution in [2.45, 2.75) is 32.0 Å². The van der Waals surface area contributed by atoms with Crippen LogP contribution in [0.4, 0.5) is 5.69 Å². The van der Waals surface area contributed by atoms with Crippen LogP contribution in [0.15, 0.2) is 53.7 Å². The van der Waals surface area contributed by atoms with Crippen LogP contribution in [-0.2, 0) is 11.8 Å². The summed E-state index contributed by atoms with van der Waals surface area (Å²) in [7, 11) is 1.82. The number of carbonyl (C=O) groups excluding carboxylic acids is 2. The molecule has 0 aliphatic carbocycles. The summed E-state index contributed by atoms with van der Waals surface area (Å²) >= 11 is 1.30. The van der Waals surface area contributed by atoms with Crippen molar-refractivity contribution in [3.8, 4) is 0 Å². The van der Waals surface area contributed by atoms with E-state index in [0.29, 0.717) is 16.5 Å². The van der Waals surface area contributed by atoms with Gasteiger partial charge >= 0.3 is 0 Å². The van der Waals surface area contributed by atoms with Gasteiger partial charge in [0, 0.05) is 18.3 Å². The van der Waals surface area contributed by atoms with E-state index in [1.807, 2.05) is 64.2 Å². The molecule has 2 amide bonds. The molecule has 2 aromatic carbocycles. The Morgan fingerprint density at radius 1 is 1.10 bits per heavy atom. The Morgan fingerprint density at radius 3 is 2.53 bits per heavy atom. The first-order valence-corrected chi connectivity index (χ1v) is 10.6. The molecule has 0 aliphatic heterocycles. The van der Waals surface area contributed by atoms with Crippen molar-refractivity contribution >= 4 is 29.3 Å². The number of aromatic nitrogens is 3. The number of anilines is 1. The zero-order valence-corrected chi connectivity index (χ0v) is 18.3. The van der Waals surface area contributed by atoms with Crippen LogP contribution in [0.25, 0.3) is 0 Å². The highest BCUT2D eigenvalue weighted by Crippen LogP contribution is 2.21. The van der Waals surface area contributed by atoms with Crippen molar-refractivity contribution in [1.82, 2.24) is 20.1 Å². The first-order valence-electron chi connectivity index (χ1n) is 9.60. The summed E-state index contributed by atoms with van der Waals surface area (Å²) in [5.41, 5.74) is 3.57. The number of hydrogen-bond donors (Lipinski definition) is 2. The highest BCUT2D eigenvalue weighted by Gasteiger charge is 2.19. The van der Waals surface area contributed by atoms with Gasteiger partial charge in [0.05, 0.1) is 11.8 Å². The molecule has 0 saturated carbocycles. The minimum atomic E-state index is -0.325. The number of amides is 2. The molecule has 156 valence electrons. The first kappa shape index (κ1) is 21.6. The molecule has 0 fully saturated rings. The lowest BCUT2D eigenvalue weighted by Crippen LogP contribution is -2.28. The molecule has 0 bridgehead atoms. The molecule has 0 spiro atoms. The predicted octanol–water partition coefficient (Wildman–Crippen LogP) is 3.65. The summed E-state index contributed by atoms with van der Waals surface area (Å²) in [6.45, 7) is 5.84. The molecule has 2 N–H and O–H groups in total. The van der Waals surface area contributed by atoms with Crippen LogP contribution in [-0.4, -0.2) is 32.3 Å². The van der Waals surface area contributed by atoms with Gasteiger partial charge in [0.25, 0.3) is 5.91 Å². The van der Waals surface area contributed by atoms with Crippen LogP contribution >= 0.6 is 11.8 Å². The van der Waals surface area contributed by atoms with E-state index in [1.54, 1.807) is 16.7 Å². The van der Waals surface area contributed by atoms with E-state index in [0.717, 1.165) is 16.8 Å². The summed E-state index contributed by atoms with van der Waals surface area (Å²) in [6.07, 6.45) is 0. The smallest absolute Gasteiger partial charge is 0.251 e. The van der Waals surface area contributed by atoms with Crippen LogP contribution in [0.1, 0.15) is 40.3 Å². The van der Waals surface area contributed by atoms with Gasteiger partial charge in [-0.2, -0.15) is 0 Å². The third-order valence-electron chi connectivity index (χ3n) is 4.63. The molecular weight excluding hydrogens is 398 g/mol. The van der Waals surface area contributed by atoms with Gasteiger partial charge in [-0.15, -0.1) is 10.2 Å². The van der Waals surface area contributed by atoms with Gasteiger partial charge in [0.15, 0.2) is 11.0 Å². The van der Waals surface area contributed by atoms with Crippen LogP contribution in [0.2, 0.25) is 0 Å². The molecule has 0 unspecified atom stereocenters.